The van der Waals surface area contributed by atoms with Gasteiger partial charge in [-0.25, -0.2) is 4.79 Å². The highest BCUT2D eigenvalue weighted by Gasteiger charge is 2.27. The predicted octanol–water partition coefficient (Wildman–Crippen LogP) is 1.66. The van der Waals surface area contributed by atoms with Crippen molar-refractivity contribution in [3.63, 3.8) is 0 Å². The molecule has 24 heavy (non-hydrogen) atoms. The van der Waals surface area contributed by atoms with Gasteiger partial charge >= 0.3 is 6.03 Å². The zero-order valence-corrected chi connectivity index (χ0v) is 15.5. The van der Waals surface area contributed by atoms with Gasteiger partial charge in [-0.3, -0.25) is 4.79 Å². The third-order valence-electron chi connectivity index (χ3n) is 5.03. The first-order valence-electron chi connectivity index (χ1n) is 9.51. The first kappa shape index (κ1) is 19.0. The van der Waals surface area contributed by atoms with Gasteiger partial charge in [0.15, 0.2) is 0 Å². The summed E-state index contributed by atoms with van der Waals surface area (Å²) in [6, 6.07) is 0.138. The van der Waals surface area contributed by atoms with Crippen LogP contribution in [0.1, 0.15) is 46.5 Å². The van der Waals surface area contributed by atoms with Crippen LogP contribution >= 0.6 is 0 Å². The fraction of sp³-hybridized carbons (Fsp3) is 0.889. The molecule has 0 bridgehead atoms. The van der Waals surface area contributed by atoms with E-state index >= 15 is 0 Å². The molecule has 2 saturated heterocycles. The molecule has 0 spiro atoms. The Bertz CT molecular complexity index is 419. The molecule has 0 saturated carbocycles. The van der Waals surface area contributed by atoms with Crippen molar-refractivity contribution in [2.24, 2.45) is 11.8 Å². The molecule has 2 aliphatic heterocycles. The maximum atomic E-state index is 12.3. The molecule has 0 aromatic heterocycles. The normalized spacial score (nSPS) is 23.3. The molecule has 1 atom stereocenters. The minimum atomic E-state index is -0.0110. The van der Waals surface area contributed by atoms with E-state index in [2.05, 4.69) is 22.5 Å². The van der Waals surface area contributed by atoms with Gasteiger partial charge in [-0.2, -0.15) is 0 Å². The highest BCUT2D eigenvalue weighted by Crippen LogP contribution is 2.18. The molecule has 0 radical (unpaired) electrons. The van der Waals surface area contributed by atoms with Gasteiger partial charge in [-0.15, -0.1) is 0 Å². The number of carbonyl (C=O) groups excluding carboxylic acids is 2. The Balaban J connectivity index is 1.63. The van der Waals surface area contributed by atoms with Crippen LogP contribution in [0.15, 0.2) is 0 Å². The molecule has 3 amide bonds. The first-order valence-corrected chi connectivity index (χ1v) is 9.51. The van der Waals surface area contributed by atoms with Crippen molar-refractivity contribution in [2.45, 2.75) is 52.5 Å². The molecule has 2 fully saturated rings. The van der Waals surface area contributed by atoms with Crippen molar-refractivity contribution in [1.29, 1.82) is 0 Å². The van der Waals surface area contributed by atoms with Crippen molar-refractivity contribution in [1.82, 2.24) is 20.4 Å². The van der Waals surface area contributed by atoms with E-state index in [-0.39, 0.29) is 23.9 Å². The molecular weight excluding hydrogens is 304 g/mol. The lowest BCUT2D eigenvalue weighted by molar-refractivity contribution is -0.126. The van der Waals surface area contributed by atoms with E-state index in [1.54, 1.807) is 0 Å². The Hall–Kier alpha value is -1.30. The lowest BCUT2D eigenvalue weighted by Crippen LogP contribution is -2.49. The Kier molecular flexibility index (Phi) is 7.34. The third-order valence-corrected chi connectivity index (χ3v) is 5.03. The smallest absolute Gasteiger partial charge is 0.317 e. The van der Waals surface area contributed by atoms with Gasteiger partial charge in [-0.1, -0.05) is 6.92 Å². The molecule has 2 N–H and O–H groups in total. The van der Waals surface area contributed by atoms with Crippen molar-refractivity contribution in [3.8, 4) is 0 Å². The number of piperidine rings is 2. The average Bonchev–Trinajstić information content (AvgIpc) is 2.54. The number of likely N-dealkylation sites (tertiary alicyclic amines) is 2. The molecule has 0 aromatic rings. The molecule has 2 rings (SSSR count). The van der Waals surface area contributed by atoms with Gasteiger partial charge in [-0.05, 0) is 52.0 Å². The fourth-order valence-corrected chi connectivity index (χ4v) is 3.65. The number of nitrogens with zero attached hydrogens (tertiary/aromatic N) is 2. The summed E-state index contributed by atoms with van der Waals surface area (Å²) in [4.78, 5) is 28.5. The second-order valence-corrected chi connectivity index (χ2v) is 7.70. The molecule has 2 aliphatic rings. The topological polar surface area (TPSA) is 64.7 Å². The SMILES string of the molecule is CC1CCCN(CCNC(=O)C2CCN(C(=O)NC(C)C)CC2)C1. The Morgan fingerprint density at radius 1 is 1.12 bits per heavy atom. The van der Waals surface area contributed by atoms with Crippen LogP contribution in [0.25, 0.3) is 0 Å². The maximum absolute atomic E-state index is 12.3. The van der Waals surface area contributed by atoms with Gasteiger partial charge in [0.05, 0.1) is 0 Å². The standard InChI is InChI=1S/C18H34N4O2/c1-14(2)20-18(24)22-10-6-16(7-11-22)17(23)19-8-12-21-9-4-5-15(3)13-21/h14-16H,4-13H2,1-3H3,(H,19,23)(H,20,24). The summed E-state index contributed by atoms with van der Waals surface area (Å²) >= 11 is 0. The van der Waals surface area contributed by atoms with Crippen molar-refractivity contribution >= 4 is 11.9 Å². The summed E-state index contributed by atoms with van der Waals surface area (Å²) in [5, 5.41) is 6.00. The molecule has 0 aliphatic carbocycles. The van der Waals surface area contributed by atoms with Crippen molar-refractivity contribution in [3.05, 3.63) is 0 Å². The van der Waals surface area contributed by atoms with Gasteiger partial charge in [0, 0.05) is 44.7 Å². The zero-order chi connectivity index (χ0) is 17.5. The Morgan fingerprint density at radius 3 is 2.46 bits per heavy atom. The minimum absolute atomic E-state index is 0.0110. The molecule has 6 nitrogen and oxygen atoms in total. The Labute approximate surface area is 146 Å². The molecule has 1 unspecified atom stereocenters. The number of amides is 3. The van der Waals surface area contributed by atoms with Crippen LogP contribution in [0.5, 0.6) is 0 Å². The molecule has 6 heteroatoms. The third kappa shape index (κ3) is 5.96. The van der Waals surface area contributed by atoms with E-state index in [4.69, 9.17) is 0 Å². The van der Waals surface area contributed by atoms with Crippen LogP contribution in [-0.4, -0.2) is 67.0 Å². The van der Waals surface area contributed by atoms with Gasteiger partial charge in [0.25, 0.3) is 0 Å². The van der Waals surface area contributed by atoms with E-state index in [0.717, 1.165) is 44.9 Å². The lowest BCUT2D eigenvalue weighted by Gasteiger charge is -2.33. The number of rotatable bonds is 5. The lowest BCUT2D eigenvalue weighted by atomic mass is 9.96. The average molecular weight is 338 g/mol. The van der Waals surface area contributed by atoms with Crippen LogP contribution in [0.3, 0.4) is 0 Å². The maximum Gasteiger partial charge on any atom is 0.317 e. The van der Waals surface area contributed by atoms with Gasteiger partial charge in [0.1, 0.15) is 0 Å². The Morgan fingerprint density at radius 2 is 1.83 bits per heavy atom. The minimum Gasteiger partial charge on any atom is -0.355 e. The van der Waals surface area contributed by atoms with Crippen LogP contribution in [0.2, 0.25) is 0 Å². The zero-order valence-electron chi connectivity index (χ0n) is 15.5. The second kappa shape index (κ2) is 9.25. The summed E-state index contributed by atoms with van der Waals surface area (Å²) in [6.45, 7) is 11.5. The van der Waals surface area contributed by atoms with Gasteiger partial charge in [0.2, 0.25) is 5.91 Å². The van der Waals surface area contributed by atoms with Crippen LogP contribution < -0.4 is 10.6 Å². The number of urea groups is 1. The number of hydrogen-bond donors (Lipinski definition) is 2. The van der Waals surface area contributed by atoms with Crippen molar-refractivity contribution < 1.29 is 9.59 Å². The summed E-state index contributed by atoms with van der Waals surface area (Å²) in [7, 11) is 0. The van der Waals surface area contributed by atoms with Gasteiger partial charge < -0.3 is 20.4 Å². The van der Waals surface area contributed by atoms with Crippen LogP contribution in [-0.2, 0) is 4.79 Å². The van der Waals surface area contributed by atoms with E-state index in [1.807, 2.05) is 18.7 Å². The van der Waals surface area contributed by atoms with Crippen LogP contribution in [0, 0.1) is 11.8 Å². The molecule has 0 aromatic carbocycles. The number of carbonyl (C=O) groups is 2. The predicted molar refractivity (Wildman–Crippen MR) is 95.8 cm³/mol. The molecule has 2 heterocycles. The second-order valence-electron chi connectivity index (χ2n) is 7.70. The fourth-order valence-electron chi connectivity index (χ4n) is 3.65. The van der Waals surface area contributed by atoms with E-state index < -0.39 is 0 Å². The number of nitrogens with one attached hydrogen (secondary N) is 2. The quantitative estimate of drug-likeness (QED) is 0.801. The van der Waals surface area contributed by atoms with E-state index in [1.165, 1.54) is 12.8 Å². The summed E-state index contributed by atoms with van der Waals surface area (Å²) in [5.74, 6) is 0.980. The largest absolute Gasteiger partial charge is 0.355 e. The molecule has 138 valence electrons. The van der Waals surface area contributed by atoms with Crippen molar-refractivity contribution in [2.75, 3.05) is 39.3 Å². The van der Waals surface area contributed by atoms with Crippen LogP contribution in [0.4, 0.5) is 4.79 Å². The van der Waals surface area contributed by atoms with E-state index in [9.17, 15) is 9.59 Å². The summed E-state index contributed by atoms with van der Waals surface area (Å²) in [6.07, 6.45) is 4.12. The van der Waals surface area contributed by atoms with E-state index in [0.29, 0.717) is 13.1 Å². The highest BCUT2D eigenvalue weighted by atomic mass is 16.2. The highest BCUT2D eigenvalue weighted by molar-refractivity contribution is 5.79. The number of hydrogen-bond acceptors (Lipinski definition) is 3. The molecular formula is C18H34N4O2. The summed E-state index contributed by atoms with van der Waals surface area (Å²) < 4.78 is 0. The summed E-state index contributed by atoms with van der Waals surface area (Å²) in [5.41, 5.74) is 0. The monoisotopic (exact) mass is 338 g/mol. The first-order chi connectivity index (χ1) is 11.5.